The molecule has 0 saturated heterocycles. The molecule has 2 fully saturated rings. The van der Waals surface area contributed by atoms with Crippen LogP contribution >= 0.6 is 34.8 Å². The molecule has 2 saturated carbocycles. The molecule has 0 spiro atoms. The molecule has 2 aromatic carbocycles. The molecule has 2 unspecified atom stereocenters. The molecule has 2 heterocycles. The van der Waals surface area contributed by atoms with Crippen LogP contribution in [0.25, 0.3) is 0 Å². The van der Waals surface area contributed by atoms with Gasteiger partial charge in [-0.3, -0.25) is 4.68 Å². The number of carboxylic acids is 1. The molecule has 2 aliphatic carbocycles. The van der Waals surface area contributed by atoms with Crippen LogP contribution in [0.5, 0.6) is 5.75 Å². The standard InChI is InChI=1S/C30H30Cl3N3O4/c1-15(2)36-26(13-25(34-36)30(37)38)18-10-17(11-18)20-9-8-19(12-24(20)33)39-14-21-28(35-40-29(21)16-6-7-16)27-22(31)4-3-5-23(27)32/h3-5,8-9,12-13,15-18,21,29H,6-7,10-11,14H2,1-2H3,(H,37,38). The minimum absolute atomic E-state index is 0.0649. The number of oxime groups is 1. The Hall–Kier alpha value is -2.74. The fourth-order valence-corrected chi connectivity index (χ4v) is 6.78. The largest absolute Gasteiger partial charge is 0.493 e. The van der Waals surface area contributed by atoms with E-state index in [1.54, 1.807) is 18.2 Å². The van der Waals surface area contributed by atoms with Crippen LogP contribution in [0.15, 0.2) is 47.6 Å². The molecular formula is C30H30Cl3N3O4. The normalized spacial score (nSPS) is 24.0. The fourth-order valence-electron chi connectivity index (χ4n) is 5.86. The summed E-state index contributed by atoms with van der Waals surface area (Å²) in [6.45, 7) is 4.39. The van der Waals surface area contributed by atoms with Crippen LogP contribution in [-0.4, -0.2) is 39.3 Å². The van der Waals surface area contributed by atoms with Crippen molar-refractivity contribution in [2.45, 2.75) is 63.5 Å². The molecule has 1 N–H and O–H groups in total. The average molecular weight is 603 g/mol. The van der Waals surface area contributed by atoms with Crippen LogP contribution in [0.1, 0.15) is 84.7 Å². The first kappa shape index (κ1) is 27.4. The first-order valence-corrected chi connectivity index (χ1v) is 14.8. The maximum atomic E-state index is 11.5. The molecule has 0 amide bonds. The van der Waals surface area contributed by atoms with Gasteiger partial charge in [-0.1, -0.05) is 52.1 Å². The monoisotopic (exact) mass is 601 g/mol. The molecular weight excluding hydrogens is 573 g/mol. The second-order valence-electron chi connectivity index (χ2n) is 11.2. The van der Waals surface area contributed by atoms with E-state index in [2.05, 4.69) is 10.3 Å². The molecule has 7 nitrogen and oxygen atoms in total. The summed E-state index contributed by atoms with van der Waals surface area (Å²) in [6, 6.07) is 13.1. The Labute approximate surface area is 248 Å². The first-order valence-electron chi connectivity index (χ1n) is 13.6. The van der Waals surface area contributed by atoms with Crippen LogP contribution in [-0.2, 0) is 4.84 Å². The number of halogens is 3. The van der Waals surface area contributed by atoms with E-state index in [4.69, 9.17) is 44.4 Å². The number of aromatic nitrogens is 2. The summed E-state index contributed by atoms with van der Waals surface area (Å²) in [4.78, 5) is 17.3. The number of hydrogen-bond donors (Lipinski definition) is 1. The molecule has 210 valence electrons. The Bertz CT molecular complexity index is 1460. The van der Waals surface area contributed by atoms with Crippen LogP contribution in [0.3, 0.4) is 0 Å². The number of benzene rings is 2. The van der Waals surface area contributed by atoms with Crippen molar-refractivity contribution in [1.82, 2.24) is 9.78 Å². The van der Waals surface area contributed by atoms with Gasteiger partial charge in [0, 0.05) is 28.2 Å². The summed E-state index contributed by atoms with van der Waals surface area (Å²) < 4.78 is 8.09. The quantitative estimate of drug-likeness (QED) is 0.268. The highest BCUT2D eigenvalue weighted by atomic mass is 35.5. The lowest BCUT2D eigenvalue weighted by molar-refractivity contribution is 0.0340. The summed E-state index contributed by atoms with van der Waals surface area (Å²) >= 11 is 19.8. The number of carboxylic acid groups (broad SMARTS) is 1. The van der Waals surface area contributed by atoms with Gasteiger partial charge in [-0.25, -0.2) is 4.79 Å². The van der Waals surface area contributed by atoms with E-state index in [0.717, 1.165) is 42.7 Å². The van der Waals surface area contributed by atoms with Gasteiger partial charge in [-0.2, -0.15) is 5.10 Å². The van der Waals surface area contributed by atoms with E-state index in [1.165, 1.54) is 0 Å². The van der Waals surface area contributed by atoms with Crippen LogP contribution < -0.4 is 4.74 Å². The highest BCUT2D eigenvalue weighted by Crippen LogP contribution is 2.50. The van der Waals surface area contributed by atoms with Crippen molar-refractivity contribution in [2.24, 2.45) is 17.0 Å². The number of rotatable bonds is 9. The predicted octanol–water partition coefficient (Wildman–Crippen LogP) is 7.99. The van der Waals surface area contributed by atoms with E-state index in [9.17, 15) is 9.90 Å². The second-order valence-corrected chi connectivity index (χ2v) is 12.5. The van der Waals surface area contributed by atoms with Crippen molar-refractivity contribution < 1.29 is 19.5 Å². The number of hydrogen-bond acceptors (Lipinski definition) is 5. The predicted molar refractivity (Wildman–Crippen MR) is 155 cm³/mol. The third-order valence-corrected chi connectivity index (χ3v) is 9.15. The fraction of sp³-hybridized carbons (Fsp3) is 0.433. The van der Waals surface area contributed by atoms with E-state index < -0.39 is 5.97 Å². The molecule has 3 aliphatic rings. The summed E-state index contributed by atoms with van der Waals surface area (Å²) in [5.74, 6) is 0.565. The number of aromatic carboxylic acids is 1. The first-order chi connectivity index (χ1) is 19.2. The van der Waals surface area contributed by atoms with Gasteiger partial charge in [-0.15, -0.1) is 0 Å². The molecule has 2 atom stereocenters. The lowest BCUT2D eigenvalue weighted by Gasteiger charge is -2.37. The van der Waals surface area contributed by atoms with Gasteiger partial charge in [-0.05, 0) is 87.3 Å². The molecule has 1 aliphatic heterocycles. The molecule has 1 aromatic heterocycles. The third-order valence-electron chi connectivity index (χ3n) is 8.20. The van der Waals surface area contributed by atoms with E-state index in [1.807, 2.05) is 42.8 Å². The van der Waals surface area contributed by atoms with Gasteiger partial charge in [0.2, 0.25) is 0 Å². The average Bonchev–Trinajstić information content (AvgIpc) is 3.48. The van der Waals surface area contributed by atoms with Crippen molar-refractivity contribution in [2.75, 3.05) is 6.61 Å². The van der Waals surface area contributed by atoms with Crippen molar-refractivity contribution in [3.8, 4) is 5.75 Å². The minimum atomic E-state index is -1.00. The van der Waals surface area contributed by atoms with Crippen molar-refractivity contribution in [3.05, 3.63) is 80.0 Å². The topological polar surface area (TPSA) is 85.9 Å². The highest BCUT2D eigenvalue weighted by molar-refractivity contribution is 6.40. The molecule has 0 bridgehead atoms. The maximum absolute atomic E-state index is 11.5. The highest BCUT2D eigenvalue weighted by Gasteiger charge is 2.46. The molecule has 40 heavy (non-hydrogen) atoms. The van der Waals surface area contributed by atoms with Crippen LogP contribution in [0.2, 0.25) is 15.1 Å². The van der Waals surface area contributed by atoms with Gasteiger partial charge >= 0.3 is 5.97 Å². The van der Waals surface area contributed by atoms with Gasteiger partial charge in [0.05, 0.1) is 16.0 Å². The zero-order chi connectivity index (χ0) is 28.1. The van der Waals surface area contributed by atoms with Gasteiger partial charge in [0.25, 0.3) is 0 Å². The number of nitrogens with zero attached hydrogens (tertiary/aromatic N) is 3. The van der Waals surface area contributed by atoms with Crippen molar-refractivity contribution in [1.29, 1.82) is 0 Å². The third kappa shape index (κ3) is 5.19. The Morgan fingerprint density at radius 1 is 1.07 bits per heavy atom. The maximum Gasteiger partial charge on any atom is 0.356 e. The smallest absolute Gasteiger partial charge is 0.356 e. The van der Waals surface area contributed by atoms with E-state index in [0.29, 0.717) is 44.8 Å². The second kappa shape index (κ2) is 10.9. The zero-order valence-corrected chi connectivity index (χ0v) is 24.5. The van der Waals surface area contributed by atoms with E-state index >= 15 is 0 Å². The number of ether oxygens (including phenoxy) is 1. The Morgan fingerprint density at radius 3 is 2.42 bits per heavy atom. The molecule has 0 radical (unpaired) electrons. The molecule has 10 heteroatoms. The SMILES string of the molecule is CC(C)n1nc(C(=O)O)cc1C1CC(c2ccc(OCC3C(c4c(Cl)cccc4Cl)=NOC3C3CC3)cc2Cl)C1. The van der Waals surface area contributed by atoms with Gasteiger partial charge in [0.1, 0.15) is 24.2 Å². The number of carbonyl (C=O) groups is 1. The van der Waals surface area contributed by atoms with Crippen molar-refractivity contribution >= 4 is 46.5 Å². The Morgan fingerprint density at radius 2 is 1.80 bits per heavy atom. The summed E-state index contributed by atoms with van der Waals surface area (Å²) in [5.41, 5.74) is 3.56. The molecule has 3 aromatic rings. The summed E-state index contributed by atoms with van der Waals surface area (Å²) in [7, 11) is 0. The van der Waals surface area contributed by atoms with Crippen molar-refractivity contribution in [3.63, 3.8) is 0 Å². The Balaban J connectivity index is 1.13. The summed E-state index contributed by atoms with van der Waals surface area (Å²) in [5, 5.41) is 19.8. The summed E-state index contributed by atoms with van der Waals surface area (Å²) in [6.07, 6.45) is 3.93. The lowest BCUT2D eigenvalue weighted by Crippen LogP contribution is -2.31. The lowest BCUT2D eigenvalue weighted by atomic mass is 9.70. The van der Waals surface area contributed by atoms with Crippen LogP contribution in [0, 0.1) is 11.8 Å². The minimum Gasteiger partial charge on any atom is -0.493 e. The van der Waals surface area contributed by atoms with Crippen LogP contribution in [0.4, 0.5) is 0 Å². The molecule has 6 rings (SSSR count). The zero-order valence-electron chi connectivity index (χ0n) is 22.2. The Kier molecular flexibility index (Phi) is 7.49. The van der Waals surface area contributed by atoms with Gasteiger partial charge < -0.3 is 14.7 Å². The van der Waals surface area contributed by atoms with E-state index in [-0.39, 0.29) is 29.7 Å². The van der Waals surface area contributed by atoms with Gasteiger partial charge in [0.15, 0.2) is 5.69 Å².